The van der Waals surface area contributed by atoms with Crippen LogP contribution in [0.5, 0.6) is 0 Å². The minimum Gasteiger partial charge on any atom is -0.652 e. The average molecular weight is 450 g/mol. The van der Waals surface area contributed by atoms with Crippen LogP contribution in [0.15, 0.2) is 0 Å². The van der Waals surface area contributed by atoms with E-state index in [0.29, 0.717) is 0 Å². The Morgan fingerprint density at radius 3 is 0.714 bits per heavy atom. The smallest absolute Gasteiger partial charge is 0.652 e. The van der Waals surface area contributed by atoms with Gasteiger partial charge in [-0.25, -0.2) is 9.59 Å². The SMILES string of the molecule is O=C(O)O.O=C(O)O.O=C([O-])[O-].[Cs+].[Cs+]. The predicted octanol–water partition coefficient (Wildman–Crippen LogP) is -7.99. The molecule has 0 heterocycles. The van der Waals surface area contributed by atoms with Gasteiger partial charge in [0.25, 0.3) is 0 Å². The summed E-state index contributed by atoms with van der Waals surface area (Å²) < 4.78 is 0. The van der Waals surface area contributed by atoms with Crippen LogP contribution < -0.4 is 148 Å². The Morgan fingerprint density at radius 1 is 0.714 bits per heavy atom. The number of hydrogen-bond donors (Lipinski definition) is 4. The minimum atomic E-state index is -2.33. The first-order valence-corrected chi connectivity index (χ1v) is 1.92. The fraction of sp³-hybridized carbons (Fsp3) is 0. The van der Waals surface area contributed by atoms with E-state index in [1.54, 1.807) is 0 Å². The third kappa shape index (κ3) is 633. The van der Waals surface area contributed by atoms with E-state index in [9.17, 15) is 0 Å². The Balaban J connectivity index is -0.0000000270. The zero-order chi connectivity index (χ0) is 10.7. The van der Waals surface area contributed by atoms with Crippen molar-refractivity contribution in [2.75, 3.05) is 0 Å². The molecule has 11 heteroatoms. The van der Waals surface area contributed by atoms with Crippen LogP contribution in [-0.2, 0) is 0 Å². The normalized spacial score (nSPS) is 5.14. The van der Waals surface area contributed by atoms with Crippen LogP contribution in [0.3, 0.4) is 0 Å². The van der Waals surface area contributed by atoms with Crippen LogP contribution in [0, 0.1) is 0 Å². The van der Waals surface area contributed by atoms with Crippen molar-refractivity contribution in [3.8, 4) is 0 Å². The minimum absolute atomic E-state index is 0. The van der Waals surface area contributed by atoms with Gasteiger partial charge in [0, 0.05) is 0 Å². The first kappa shape index (κ1) is 29.7. The maximum absolute atomic E-state index is 8.56. The molecule has 0 aliphatic rings. The summed E-state index contributed by atoms with van der Waals surface area (Å²) in [4.78, 5) is 25.4. The molecule has 0 rings (SSSR count). The van der Waals surface area contributed by atoms with E-state index in [1.807, 2.05) is 0 Å². The molecule has 0 fully saturated rings. The summed E-state index contributed by atoms with van der Waals surface area (Å²) in [5.41, 5.74) is 0. The molecule has 0 bridgehead atoms. The van der Waals surface area contributed by atoms with E-state index in [2.05, 4.69) is 0 Å². The number of carboxylic acid groups (broad SMARTS) is 6. The molecule has 0 aromatic carbocycles. The van der Waals surface area contributed by atoms with Gasteiger partial charge in [0.05, 0.1) is 0 Å². The molecule has 72 valence electrons. The van der Waals surface area contributed by atoms with Crippen molar-refractivity contribution < 1.29 is 183 Å². The summed E-state index contributed by atoms with van der Waals surface area (Å²) in [6, 6.07) is 0. The molecule has 9 nitrogen and oxygen atoms in total. The molecule has 0 aliphatic carbocycles. The van der Waals surface area contributed by atoms with Crippen molar-refractivity contribution in [2.24, 2.45) is 0 Å². The van der Waals surface area contributed by atoms with Crippen molar-refractivity contribution in [3.63, 3.8) is 0 Å². The molecule has 0 amide bonds. The van der Waals surface area contributed by atoms with E-state index in [-0.39, 0.29) is 138 Å². The molecular formula is C3H4Cs2O9. The Morgan fingerprint density at radius 2 is 0.714 bits per heavy atom. The van der Waals surface area contributed by atoms with Crippen molar-refractivity contribution in [3.05, 3.63) is 0 Å². The zero-order valence-electron chi connectivity index (χ0n) is 7.33. The largest absolute Gasteiger partial charge is 1.00 e. The van der Waals surface area contributed by atoms with Crippen LogP contribution in [0.25, 0.3) is 0 Å². The van der Waals surface area contributed by atoms with E-state index in [1.165, 1.54) is 0 Å². The van der Waals surface area contributed by atoms with Gasteiger partial charge in [-0.3, -0.25) is 0 Å². The van der Waals surface area contributed by atoms with Gasteiger partial charge < -0.3 is 35.4 Å². The number of rotatable bonds is 0. The van der Waals surface area contributed by atoms with Gasteiger partial charge in [0.1, 0.15) is 0 Å². The second kappa shape index (κ2) is 24.2. The Hall–Kier alpha value is 1.91. The molecule has 0 aliphatic heterocycles. The van der Waals surface area contributed by atoms with Gasteiger partial charge in [-0.15, -0.1) is 0 Å². The summed E-state index contributed by atoms with van der Waals surface area (Å²) in [7, 11) is 0. The predicted molar refractivity (Wildman–Crippen MR) is 26.7 cm³/mol. The molecule has 0 saturated carbocycles. The van der Waals surface area contributed by atoms with Crippen LogP contribution in [0.2, 0.25) is 0 Å². The molecule has 0 radical (unpaired) electrons. The molecule has 4 N–H and O–H groups in total. The average Bonchev–Trinajstić information content (AvgIpc) is 1.54. The fourth-order valence-corrected chi connectivity index (χ4v) is 0. The Labute approximate surface area is 195 Å². The van der Waals surface area contributed by atoms with Gasteiger partial charge in [-0.1, -0.05) is 0 Å². The summed E-state index contributed by atoms with van der Waals surface area (Å²) in [6.07, 6.45) is -6.00. The van der Waals surface area contributed by atoms with Gasteiger partial charge >= 0.3 is 150 Å². The quantitative estimate of drug-likeness (QED) is 0.279. The third-order valence-electron chi connectivity index (χ3n) is 0. The standard InChI is InChI=1S/3CH2O3.2Cs/c3*2-1(3)4;;/h3*(H2,2,3,4);;/q;;;2*+1/p-2. The molecule has 0 unspecified atom stereocenters. The van der Waals surface area contributed by atoms with Crippen molar-refractivity contribution >= 4 is 18.5 Å². The van der Waals surface area contributed by atoms with Crippen molar-refractivity contribution in [2.45, 2.75) is 0 Å². The van der Waals surface area contributed by atoms with E-state index in [4.69, 9.17) is 45.0 Å². The second-order valence-corrected chi connectivity index (χ2v) is 0.815. The number of hydrogen-bond acceptors (Lipinski definition) is 5. The maximum atomic E-state index is 8.56. The van der Waals surface area contributed by atoms with E-state index >= 15 is 0 Å². The van der Waals surface area contributed by atoms with Gasteiger partial charge in [-0.2, -0.15) is 0 Å². The summed E-state index contributed by atoms with van der Waals surface area (Å²) >= 11 is 0. The topological polar surface area (TPSA) is 178 Å². The summed E-state index contributed by atoms with van der Waals surface area (Å²) in [6.45, 7) is 0. The Kier molecular flexibility index (Phi) is 51.5. The molecule has 0 aromatic rings. The summed E-state index contributed by atoms with van der Waals surface area (Å²) in [5.74, 6) is 0. The van der Waals surface area contributed by atoms with Crippen LogP contribution >= 0.6 is 0 Å². The van der Waals surface area contributed by atoms with Crippen LogP contribution in [0.4, 0.5) is 14.4 Å². The first-order chi connectivity index (χ1) is 5.20. The third-order valence-corrected chi connectivity index (χ3v) is 0. The molecule has 0 atom stereocenters. The first-order valence-electron chi connectivity index (χ1n) is 1.92. The molecule has 0 spiro atoms. The second-order valence-electron chi connectivity index (χ2n) is 0.815. The van der Waals surface area contributed by atoms with Gasteiger partial charge in [0.15, 0.2) is 0 Å². The van der Waals surface area contributed by atoms with Crippen LogP contribution in [0.1, 0.15) is 0 Å². The van der Waals surface area contributed by atoms with Crippen LogP contribution in [-0.4, -0.2) is 38.9 Å². The molecule has 14 heavy (non-hydrogen) atoms. The number of carbonyl (C=O) groups excluding carboxylic acids is 1. The summed E-state index contributed by atoms with van der Waals surface area (Å²) in [5, 5.41) is 44.6. The zero-order valence-corrected chi connectivity index (χ0v) is 19.9. The van der Waals surface area contributed by atoms with Crippen molar-refractivity contribution in [1.82, 2.24) is 0 Å². The fourth-order valence-electron chi connectivity index (χ4n) is 0. The molecule has 0 aromatic heterocycles. The molecule has 0 saturated heterocycles. The monoisotopic (exact) mass is 450 g/mol. The number of carbonyl (C=O) groups is 3. The van der Waals surface area contributed by atoms with Gasteiger partial charge in [-0.05, 0) is 6.16 Å². The van der Waals surface area contributed by atoms with E-state index in [0.717, 1.165) is 0 Å². The van der Waals surface area contributed by atoms with E-state index < -0.39 is 18.5 Å². The van der Waals surface area contributed by atoms with Gasteiger partial charge in [0.2, 0.25) is 0 Å². The Bertz CT molecular complexity index is 116. The maximum Gasteiger partial charge on any atom is 1.00 e. The molecular weight excluding hydrogens is 446 g/mol. The van der Waals surface area contributed by atoms with Crippen molar-refractivity contribution in [1.29, 1.82) is 0 Å².